The standard InChI is InChI=1S/C44H43N13/c1-2-12-31-30(11-1)45-40(46-31)25-55(21-23-56(26-41-47-32-13-3-4-14-33(32)48-41)27-42-49-34-15-5-6-16-35(34)50-42)22-24-57(28-43-51-36-17-7-8-18-37(36)52-43)29-44-53-38-19-9-10-20-39(38)54-44/h1-20H,21-29H2,(H,45,46)(H,47,48)(H,49,50)(H,51,52)(H,53,54). The van der Waals surface area contributed by atoms with E-state index in [0.717, 1.165) is 110 Å². The van der Waals surface area contributed by atoms with E-state index < -0.39 is 0 Å². The SMILES string of the molecule is c1ccc2[nH]c(CN(CCN(Cc3nc4ccccc4[nH]3)Cc3nc4ccccc4[nH]3)CCN(Cc3nc4ccccc4[nH]3)Cc3nc4ccccc4[nH]3)nc2c1. The second-order valence-corrected chi connectivity index (χ2v) is 14.7. The number of aromatic nitrogens is 10. The molecule has 284 valence electrons. The number of aromatic amines is 5. The van der Waals surface area contributed by atoms with Crippen molar-refractivity contribution in [1.82, 2.24) is 64.5 Å². The molecule has 10 aromatic rings. The number of benzene rings is 5. The van der Waals surface area contributed by atoms with Crippen molar-refractivity contribution in [2.75, 3.05) is 26.2 Å². The van der Waals surface area contributed by atoms with Crippen LogP contribution in [-0.4, -0.2) is 90.7 Å². The minimum absolute atomic E-state index is 0.647. The summed E-state index contributed by atoms with van der Waals surface area (Å²) in [6.07, 6.45) is 0. The molecule has 5 aromatic carbocycles. The Hall–Kier alpha value is -6.67. The van der Waals surface area contributed by atoms with Crippen LogP contribution in [-0.2, 0) is 32.7 Å². The van der Waals surface area contributed by atoms with E-state index in [4.69, 9.17) is 24.9 Å². The Morgan fingerprint density at radius 3 is 0.737 bits per heavy atom. The van der Waals surface area contributed by atoms with E-state index in [-0.39, 0.29) is 0 Å². The number of para-hydroxylation sites is 10. The van der Waals surface area contributed by atoms with E-state index in [1.165, 1.54) is 0 Å². The van der Waals surface area contributed by atoms with Gasteiger partial charge in [-0.3, -0.25) is 14.7 Å². The molecule has 0 saturated carbocycles. The Labute approximate surface area is 328 Å². The van der Waals surface area contributed by atoms with Crippen LogP contribution in [0.3, 0.4) is 0 Å². The molecule has 0 aliphatic carbocycles. The van der Waals surface area contributed by atoms with E-state index in [9.17, 15) is 0 Å². The smallest absolute Gasteiger partial charge is 0.121 e. The molecule has 0 fully saturated rings. The zero-order valence-corrected chi connectivity index (χ0v) is 31.5. The number of nitrogens with zero attached hydrogens (tertiary/aromatic N) is 8. The molecule has 0 amide bonds. The first-order chi connectivity index (χ1) is 28.1. The molecular formula is C44H43N13. The molecule has 0 aliphatic heterocycles. The summed E-state index contributed by atoms with van der Waals surface area (Å²) in [5.41, 5.74) is 10.0. The first-order valence-corrected chi connectivity index (χ1v) is 19.5. The van der Waals surface area contributed by atoms with Gasteiger partial charge in [-0.2, -0.15) is 0 Å². The van der Waals surface area contributed by atoms with Gasteiger partial charge >= 0.3 is 0 Å². The summed E-state index contributed by atoms with van der Waals surface area (Å²) < 4.78 is 0. The van der Waals surface area contributed by atoms with Crippen molar-refractivity contribution in [1.29, 1.82) is 0 Å². The van der Waals surface area contributed by atoms with E-state index in [1.807, 2.05) is 60.7 Å². The maximum absolute atomic E-state index is 4.99. The van der Waals surface area contributed by atoms with Crippen LogP contribution in [0.25, 0.3) is 55.2 Å². The third-order valence-corrected chi connectivity index (χ3v) is 10.5. The second-order valence-electron chi connectivity index (χ2n) is 14.7. The number of hydrogen-bond acceptors (Lipinski definition) is 8. The van der Waals surface area contributed by atoms with Crippen LogP contribution in [0.5, 0.6) is 0 Å². The van der Waals surface area contributed by atoms with E-state index >= 15 is 0 Å². The van der Waals surface area contributed by atoms with Gasteiger partial charge in [0, 0.05) is 26.2 Å². The van der Waals surface area contributed by atoms with Gasteiger partial charge in [0.25, 0.3) is 0 Å². The van der Waals surface area contributed by atoms with E-state index in [2.05, 4.69) is 100 Å². The van der Waals surface area contributed by atoms with Crippen LogP contribution in [0.2, 0.25) is 0 Å². The first-order valence-electron chi connectivity index (χ1n) is 19.5. The monoisotopic (exact) mass is 753 g/mol. The van der Waals surface area contributed by atoms with Crippen molar-refractivity contribution in [3.63, 3.8) is 0 Å². The lowest BCUT2D eigenvalue weighted by Crippen LogP contribution is -2.39. The average Bonchev–Trinajstić information content (AvgIpc) is 4.07. The zero-order chi connectivity index (χ0) is 38.0. The highest BCUT2D eigenvalue weighted by Gasteiger charge is 2.19. The van der Waals surface area contributed by atoms with Crippen molar-refractivity contribution in [3.05, 3.63) is 150 Å². The van der Waals surface area contributed by atoms with Gasteiger partial charge < -0.3 is 24.9 Å². The van der Waals surface area contributed by atoms with Crippen LogP contribution >= 0.6 is 0 Å². The highest BCUT2D eigenvalue weighted by molar-refractivity contribution is 5.77. The first kappa shape index (κ1) is 34.8. The number of H-pyrrole nitrogens is 5. The van der Waals surface area contributed by atoms with Gasteiger partial charge in [-0.15, -0.1) is 0 Å². The van der Waals surface area contributed by atoms with Crippen molar-refractivity contribution in [3.8, 4) is 0 Å². The summed E-state index contributed by atoms with van der Waals surface area (Å²) in [7, 11) is 0. The van der Waals surface area contributed by atoms with Crippen molar-refractivity contribution < 1.29 is 0 Å². The highest BCUT2D eigenvalue weighted by atomic mass is 15.3. The molecule has 0 unspecified atom stereocenters. The summed E-state index contributed by atoms with van der Waals surface area (Å²) in [5, 5.41) is 0. The molecule has 13 nitrogen and oxygen atoms in total. The molecule has 0 aliphatic rings. The molecule has 0 atom stereocenters. The van der Waals surface area contributed by atoms with Gasteiger partial charge in [0.1, 0.15) is 29.1 Å². The predicted octanol–water partition coefficient (Wildman–Crippen LogP) is 7.27. The molecule has 5 N–H and O–H groups in total. The molecule has 10 rings (SSSR count). The largest absolute Gasteiger partial charge is 0.341 e. The number of nitrogens with one attached hydrogen (secondary N) is 5. The number of hydrogen-bond donors (Lipinski definition) is 5. The molecule has 5 aromatic heterocycles. The van der Waals surface area contributed by atoms with Crippen LogP contribution in [0.4, 0.5) is 0 Å². The summed E-state index contributed by atoms with van der Waals surface area (Å²) in [6.45, 7) is 6.40. The Morgan fingerprint density at radius 1 is 0.281 bits per heavy atom. The summed E-state index contributed by atoms with van der Waals surface area (Å²) in [6, 6.07) is 41.0. The molecule has 0 radical (unpaired) electrons. The number of rotatable bonds is 16. The lowest BCUT2D eigenvalue weighted by atomic mass is 10.3. The average molecular weight is 754 g/mol. The van der Waals surface area contributed by atoms with Gasteiger partial charge in [-0.1, -0.05) is 60.7 Å². The summed E-state index contributed by atoms with van der Waals surface area (Å²) >= 11 is 0. The molecular weight excluding hydrogens is 711 g/mol. The Kier molecular flexibility index (Phi) is 9.44. The topological polar surface area (TPSA) is 153 Å². The number of imidazole rings is 5. The normalized spacial score (nSPS) is 12.3. The van der Waals surface area contributed by atoms with Crippen LogP contribution in [0, 0.1) is 0 Å². The maximum Gasteiger partial charge on any atom is 0.121 e. The van der Waals surface area contributed by atoms with E-state index in [1.54, 1.807) is 0 Å². The van der Waals surface area contributed by atoms with Gasteiger partial charge in [-0.05, 0) is 60.7 Å². The molecule has 0 bridgehead atoms. The third kappa shape index (κ3) is 7.89. The zero-order valence-electron chi connectivity index (χ0n) is 31.5. The quantitative estimate of drug-likeness (QED) is 0.0691. The van der Waals surface area contributed by atoms with Gasteiger partial charge in [0.2, 0.25) is 0 Å². The minimum Gasteiger partial charge on any atom is -0.341 e. The summed E-state index contributed by atoms with van der Waals surface area (Å²) in [4.78, 5) is 49.9. The molecule has 5 heterocycles. The van der Waals surface area contributed by atoms with Crippen molar-refractivity contribution in [2.24, 2.45) is 0 Å². The molecule has 57 heavy (non-hydrogen) atoms. The fraction of sp³-hybridized carbons (Fsp3) is 0.205. The lowest BCUT2D eigenvalue weighted by molar-refractivity contribution is 0.152. The third-order valence-electron chi connectivity index (χ3n) is 10.5. The highest BCUT2D eigenvalue weighted by Crippen LogP contribution is 2.19. The van der Waals surface area contributed by atoms with Crippen LogP contribution in [0.15, 0.2) is 121 Å². The Balaban J connectivity index is 0.927. The van der Waals surface area contributed by atoms with E-state index in [0.29, 0.717) is 32.7 Å². The Morgan fingerprint density at radius 2 is 0.491 bits per heavy atom. The Bertz CT molecular complexity index is 2440. The van der Waals surface area contributed by atoms with Gasteiger partial charge in [0.15, 0.2) is 0 Å². The molecule has 0 saturated heterocycles. The maximum atomic E-state index is 4.99. The van der Waals surface area contributed by atoms with Gasteiger partial charge in [0.05, 0.1) is 87.9 Å². The second kappa shape index (κ2) is 15.5. The van der Waals surface area contributed by atoms with Crippen LogP contribution < -0.4 is 0 Å². The fourth-order valence-electron chi connectivity index (χ4n) is 7.73. The van der Waals surface area contributed by atoms with Crippen molar-refractivity contribution in [2.45, 2.75) is 32.7 Å². The fourth-order valence-corrected chi connectivity index (χ4v) is 7.73. The molecule has 13 heteroatoms. The van der Waals surface area contributed by atoms with Crippen LogP contribution in [0.1, 0.15) is 29.1 Å². The number of fused-ring (bicyclic) bond motifs is 5. The molecule has 0 spiro atoms. The van der Waals surface area contributed by atoms with Gasteiger partial charge in [-0.25, -0.2) is 24.9 Å². The summed E-state index contributed by atoms with van der Waals surface area (Å²) in [5.74, 6) is 4.66. The minimum atomic E-state index is 0.647. The van der Waals surface area contributed by atoms with Crippen molar-refractivity contribution >= 4 is 55.2 Å². The lowest BCUT2D eigenvalue weighted by Gasteiger charge is -2.29. The predicted molar refractivity (Wildman–Crippen MR) is 224 cm³/mol.